The monoisotopic (exact) mass is 532 g/mol. The van der Waals surface area contributed by atoms with Gasteiger partial charge >= 0.3 is 5.65 Å². The number of benzene rings is 2. The fourth-order valence-electron chi connectivity index (χ4n) is 4.75. The van der Waals surface area contributed by atoms with Gasteiger partial charge in [-0.25, -0.2) is 10.1 Å². The maximum atomic E-state index is 14.2. The molecule has 4 heterocycles. The second kappa shape index (κ2) is 9.95. The van der Waals surface area contributed by atoms with Crippen molar-refractivity contribution in [2.45, 2.75) is 13.0 Å². The molecule has 11 nitrogen and oxygen atoms in total. The highest BCUT2D eigenvalue weighted by atomic mass is 16.2. The van der Waals surface area contributed by atoms with Crippen LogP contribution in [0.2, 0.25) is 0 Å². The summed E-state index contributed by atoms with van der Waals surface area (Å²) in [5, 5.41) is 10.5. The lowest BCUT2D eigenvalue weighted by Gasteiger charge is -2.20. The number of carbonyl (C=O) groups is 1. The number of H-pyrrole nitrogens is 1. The van der Waals surface area contributed by atoms with E-state index in [1.54, 1.807) is 51.4 Å². The van der Waals surface area contributed by atoms with E-state index in [-0.39, 0.29) is 16.9 Å². The van der Waals surface area contributed by atoms with Crippen molar-refractivity contribution in [3.63, 3.8) is 0 Å². The normalized spacial score (nSPS) is 12.3. The number of aromatic amines is 1. The lowest BCUT2D eigenvalue weighted by molar-refractivity contribution is -0.577. The summed E-state index contributed by atoms with van der Waals surface area (Å²) in [6, 6.07) is 15.8. The zero-order chi connectivity index (χ0) is 27.8. The molecule has 2 aromatic carbocycles. The number of nitrogens with one attached hydrogen (secondary N) is 2. The predicted molar refractivity (Wildman–Crippen MR) is 152 cm³/mol. The lowest BCUT2D eigenvalue weighted by Crippen LogP contribution is -2.34. The molecule has 4 aromatic heterocycles. The second-order valence-electron chi connectivity index (χ2n) is 9.38. The fraction of sp³-hybridized carbons (Fsp3) is 0.103. The third-order valence-electron chi connectivity index (χ3n) is 6.59. The van der Waals surface area contributed by atoms with Gasteiger partial charge in [0, 0.05) is 24.9 Å². The maximum Gasteiger partial charge on any atom is 0.362 e. The molecule has 6 rings (SSSR count). The number of rotatable bonds is 6. The van der Waals surface area contributed by atoms with Crippen LogP contribution in [-0.2, 0) is 7.05 Å². The van der Waals surface area contributed by atoms with Gasteiger partial charge in [-0.15, -0.1) is 4.52 Å². The standard InChI is InChI=1S/C29H25N9O2/c1-18(33-28(39)24-25(30)35-37-15-7-14-31-27(24)37)26-34-22-11-6-8-20(13-12-19-16-32-36(2)17-19)23(22)29(40)38(26)21-9-4-3-5-10-21/h3-18H,1-2H3,(H3,30,33,35,39)/p+1. The number of fused-ring (bicyclic) bond motifs is 2. The number of para-hydroxylation sites is 1. The van der Waals surface area contributed by atoms with Crippen LogP contribution in [0.25, 0.3) is 34.4 Å². The molecule has 0 fully saturated rings. The van der Waals surface area contributed by atoms with Crippen molar-refractivity contribution in [1.82, 2.24) is 34.7 Å². The van der Waals surface area contributed by atoms with Gasteiger partial charge in [0.15, 0.2) is 11.4 Å². The summed E-state index contributed by atoms with van der Waals surface area (Å²) < 4.78 is 4.83. The van der Waals surface area contributed by atoms with Crippen LogP contribution in [0.15, 0.2) is 84.2 Å². The van der Waals surface area contributed by atoms with Crippen LogP contribution >= 0.6 is 0 Å². The molecule has 0 saturated carbocycles. The van der Waals surface area contributed by atoms with E-state index in [2.05, 4.69) is 20.5 Å². The average Bonchev–Trinajstić information content (AvgIpc) is 3.53. The van der Waals surface area contributed by atoms with Crippen LogP contribution in [0, 0.1) is 0 Å². The van der Waals surface area contributed by atoms with Gasteiger partial charge in [0.05, 0.1) is 28.8 Å². The summed E-state index contributed by atoms with van der Waals surface area (Å²) in [5.41, 5.74) is 9.26. The molecular formula is C29H26N9O2+. The van der Waals surface area contributed by atoms with E-state index in [1.165, 1.54) is 0 Å². The molecular weight excluding hydrogens is 506 g/mol. The molecule has 11 heteroatoms. The predicted octanol–water partition coefficient (Wildman–Crippen LogP) is 2.82. The molecule has 0 radical (unpaired) electrons. The third-order valence-corrected chi connectivity index (χ3v) is 6.59. The Balaban J connectivity index is 1.46. The number of hydrogen-bond acceptors (Lipinski definition) is 6. The summed E-state index contributed by atoms with van der Waals surface area (Å²) in [5.74, 6) is 0.120. The van der Waals surface area contributed by atoms with Crippen molar-refractivity contribution in [1.29, 1.82) is 0 Å². The van der Waals surface area contributed by atoms with Crippen LogP contribution < -0.4 is 21.1 Å². The van der Waals surface area contributed by atoms with Gasteiger partial charge < -0.3 is 11.1 Å². The molecule has 1 unspecified atom stereocenters. The summed E-state index contributed by atoms with van der Waals surface area (Å²) in [4.78, 5) is 36.7. The second-order valence-corrected chi connectivity index (χ2v) is 9.38. The highest BCUT2D eigenvalue weighted by Crippen LogP contribution is 2.22. The first kappa shape index (κ1) is 24.7. The molecule has 0 spiro atoms. The van der Waals surface area contributed by atoms with E-state index in [0.29, 0.717) is 28.1 Å². The Hall–Kier alpha value is -5.58. The largest absolute Gasteiger partial charge is 0.382 e. The Labute approximate surface area is 228 Å². The van der Waals surface area contributed by atoms with Gasteiger partial charge in [-0.1, -0.05) is 42.5 Å². The van der Waals surface area contributed by atoms with E-state index in [0.717, 1.165) is 11.1 Å². The van der Waals surface area contributed by atoms with Crippen molar-refractivity contribution in [2.75, 3.05) is 5.73 Å². The minimum atomic E-state index is -0.655. The Morgan fingerprint density at radius 2 is 1.95 bits per heavy atom. The Morgan fingerprint density at radius 3 is 2.73 bits per heavy atom. The quantitative estimate of drug-likeness (QED) is 0.282. The van der Waals surface area contributed by atoms with E-state index in [9.17, 15) is 9.59 Å². The zero-order valence-corrected chi connectivity index (χ0v) is 21.8. The van der Waals surface area contributed by atoms with Gasteiger partial charge in [0.25, 0.3) is 11.5 Å². The number of nitrogens with two attached hydrogens (primary N) is 1. The van der Waals surface area contributed by atoms with Crippen molar-refractivity contribution in [2.24, 2.45) is 7.05 Å². The molecule has 0 bridgehead atoms. The number of anilines is 1. The highest BCUT2D eigenvalue weighted by molar-refractivity contribution is 6.03. The fourth-order valence-corrected chi connectivity index (χ4v) is 4.75. The van der Waals surface area contributed by atoms with Crippen LogP contribution in [0.4, 0.5) is 5.82 Å². The van der Waals surface area contributed by atoms with Crippen LogP contribution in [0.1, 0.15) is 40.3 Å². The minimum absolute atomic E-state index is 0.181. The van der Waals surface area contributed by atoms with Crippen molar-refractivity contribution in [3.05, 3.63) is 112 Å². The summed E-state index contributed by atoms with van der Waals surface area (Å²) >= 11 is 0. The number of aromatic nitrogens is 7. The van der Waals surface area contributed by atoms with Gasteiger partial charge in [-0.3, -0.25) is 18.8 Å². The zero-order valence-electron chi connectivity index (χ0n) is 21.8. The molecule has 40 heavy (non-hydrogen) atoms. The molecule has 1 atom stereocenters. The Kier molecular flexibility index (Phi) is 6.15. The first-order valence-corrected chi connectivity index (χ1v) is 12.6. The van der Waals surface area contributed by atoms with E-state index in [4.69, 9.17) is 10.7 Å². The molecule has 198 valence electrons. The number of nitrogens with zero attached hydrogens (tertiary/aromatic N) is 6. The molecule has 4 N–H and O–H groups in total. The Bertz CT molecular complexity index is 1970. The highest BCUT2D eigenvalue weighted by Gasteiger charge is 2.27. The van der Waals surface area contributed by atoms with Crippen molar-refractivity contribution in [3.8, 4) is 5.69 Å². The van der Waals surface area contributed by atoms with E-state index in [1.807, 2.05) is 67.9 Å². The molecule has 0 aliphatic heterocycles. The molecule has 0 aliphatic carbocycles. The summed E-state index contributed by atoms with van der Waals surface area (Å²) in [7, 11) is 1.85. The lowest BCUT2D eigenvalue weighted by atomic mass is 10.1. The SMILES string of the molecule is CC(NC(=O)c1c(N)[nH][n+]2cccnc12)c1nc2cccc(C=Cc3cnn(C)c3)c2c(=O)n1-c1ccccc1. The van der Waals surface area contributed by atoms with E-state index >= 15 is 0 Å². The van der Waals surface area contributed by atoms with Crippen molar-refractivity contribution < 1.29 is 9.31 Å². The molecule has 1 amide bonds. The van der Waals surface area contributed by atoms with E-state index < -0.39 is 11.9 Å². The number of nitrogen functional groups attached to an aromatic ring is 1. The van der Waals surface area contributed by atoms with Gasteiger partial charge in [-0.2, -0.15) is 5.10 Å². The smallest absolute Gasteiger partial charge is 0.362 e. The number of amides is 1. The van der Waals surface area contributed by atoms with Gasteiger partial charge in [0.1, 0.15) is 18.2 Å². The van der Waals surface area contributed by atoms with Crippen LogP contribution in [0.5, 0.6) is 0 Å². The third kappa shape index (κ3) is 4.39. The van der Waals surface area contributed by atoms with Gasteiger partial charge in [0.2, 0.25) is 0 Å². The summed E-state index contributed by atoms with van der Waals surface area (Å²) in [6.45, 7) is 1.78. The first-order chi connectivity index (χ1) is 19.4. The number of aryl methyl sites for hydroxylation is 1. The Morgan fingerprint density at radius 1 is 1.12 bits per heavy atom. The van der Waals surface area contributed by atoms with Gasteiger partial charge in [-0.05, 0) is 35.7 Å². The minimum Gasteiger partial charge on any atom is -0.382 e. The molecule has 6 aromatic rings. The first-order valence-electron chi connectivity index (χ1n) is 12.6. The maximum absolute atomic E-state index is 14.2. The topological polar surface area (TPSA) is 141 Å². The molecule has 0 aliphatic rings. The van der Waals surface area contributed by atoms with Crippen molar-refractivity contribution >= 4 is 40.4 Å². The molecule has 0 saturated heterocycles. The number of carbonyl (C=O) groups excluding carboxylic acids is 1. The van der Waals surface area contributed by atoms with Crippen LogP contribution in [-0.4, -0.2) is 35.3 Å². The summed E-state index contributed by atoms with van der Waals surface area (Å²) in [6.07, 6.45) is 10.7. The number of hydrogen-bond donors (Lipinski definition) is 3. The van der Waals surface area contributed by atoms with Crippen LogP contribution in [0.3, 0.4) is 0 Å². The average molecular weight is 533 g/mol.